The van der Waals surface area contributed by atoms with Crippen molar-refractivity contribution in [1.82, 2.24) is 9.88 Å². The first-order valence-corrected chi connectivity index (χ1v) is 10.9. The molecule has 4 heteroatoms. The molecule has 5 rings (SSSR count). The summed E-state index contributed by atoms with van der Waals surface area (Å²) in [6.45, 7) is 5.52. The van der Waals surface area contributed by atoms with E-state index in [9.17, 15) is 4.79 Å². The highest BCUT2D eigenvalue weighted by molar-refractivity contribution is 6.11. The molecule has 1 aliphatic heterocycles. The second kappa shape index (κ2) is 8.40. The van der Waals surface area contributed by atoms with Crippen molar-refractivity contribution in [3.63, 3.8) is 0 Å². The number of hydrogen-bond acceptors (Lipinski definition) is 3. The van der Waals surface area contributed by atoms with Crippen LogP contribution >= 0.6 is 0 Å². The Morgan fingerprint density at radius 2 is 1.42 bits per heavy atom. The first-order valence-electron chi connectivity index (χ1n) is 10.9. The fourth-order valence-corrected chi connectivity index (χ4v) is 4.77. The van der Waals surface area contributed by atoms with Crippen LogP contribution in [0.25, 0.3) is 10.9 Å². The summed E-state index contributed by atoms with van der Waals surface area (Å²) >= 11 is 0. The van der Waals surface area contributed by atoms with Crippen LogP contribution in [0.15, 0.2) is 84.9 Å². The molecule has 4 nitrogen and oxygen atoms in total. The van der Waals surface area contributed by atoms with E-state index in [1.54, 1.807) is 0 Å². The number of H-pyrrole nitrogens is 1. The number of aryl methyl sites for hydroxylation is 1. The molecule has 4 aromatic rings. The van der Waals surface area contributed by atoms with Crippen LogP contribution in [-0.4, -0.2) is 41.8 Å². The van der Waals surface area contributed by atoms with Gasteiger partial charge in [-0.3, -0.25) is 9.69 Å². The minimum atomic E-state index is -0.281. The number of carbonyl (C=O) groups excluding carboxylic acids is 1. The van der Waals surface area contributed by atoms with Crippen molar-refractivity contribution in [2.45, 2.75) is 13.0 Å². The number of benzene rings is 3. The molecule has 1 unspecified atom stereocenters. The zero-order valence-corrected chi connectivity index (χ0v) is 17.8. The van der Waals surface area contributed by atoms with Crippen LogP contribution < -0.4 is 4.90 Å². The number of carbonyl (C=O) groups is 1. The van der Waals surface area contributed by atoms with Crippen LogP contribution in [0.5, 0.6) is 0 Å². The van der Waals surface area contributed by atoms with Gasteiger partial charge in [-0.1, -0.05) is 66.7 Å². The highest BCUT2D eigenvalue weighted by Crippen LogP contribution is 2.32. The first kappa shape index (κ1) is 19.6. The Kier molecular flexibility index (Phi) is 5.31. The van der Waals surface area contributed by atoms with Crippen molar-refractivity contribution in [3.8, 4) is 0 Å². The zero-order chi connectivity index (χ0) is 21.2. The molecule has 0 radical (unpaired) electrons. The van der Waals surface area contributed by atoms with E-state index >= 15 is 0 Å². The van der Waals surface area contributed by atoms with E-state index < -0.39 is 0 Å². The van der Waals surface area contributed by atoms with Gasteiger partial charge in [0.1, 0.15) is 0 Å². The lowest BCUT2D eigenvalue weighted by molar-refractivity contribution is 0.0807. The average Bonchev–Trinajstić information content (AvgIpc) is 3.16. The van der Waals surface area contributed by atoms with Crippen molar-refractivity contribution >= 4 is 22.4 Å². The molecule has 2 heterocycles. The van der Waals surface area contributed by atoms with Crippen LogP contribution in [-0.2, 0) is 0 Å². The summed E-state index contributed by atoms with van der Waals surface area (Å²) in [7, 11) is 0. The van der Waals surface area contributed by atoms with Gasteiger partial charge in [-0.15, -0.1) is 0 Å². The Morgan fingerprint density at radius 1 is 0.806 bits per heavy atom. The number of hydrogen-bond donors (Lipinski definition) is 1. The number of nitrogens with zero attached hydrogens (tertiary/aromatic N) is 2. The molecule has 1 saturated heterocycles. The summed E-state index contributed by atoms with van der Waals surface area (Å²) < 4.78 is 0. The van der Waals surface area contributed by atoms with Crippen molar-refractivity contribution in [1.29, 1.82) is 0 Å². The van der Waals surface area contributed by atoms with Gasteiger partial charge in [0.05, 0.1) is 6.04 Å². The van der Waals surface area contributed by atoms with Gasteiger partial charge in [0, 0.05) is 54.0 Å². The van der Waals surface area contributed by atoms with Crippen LogP contribution in [0.2, 0.25) is 0 Å². The number of ketones is 1. The maximum Gasteiger partial charge on any atom is 0.186 e. The fourth-order valence-electron chi connectivity index (χ4n) is 4.77. The zero-order valence-electron chi connectivity index (χ0n) is 17.8. The van der Waals surface area contributed by atoms with Gasteiger partial charge in [-0.25, -0.2) is 0 Å². The van der Waals surface area contributed by atoms with E-state index in [4.69, 9.17) is 0 Å². The molecular weight excluding hydrogens is 382 g/mol. The predicted octanol–water partition coefficient (Wildman–Crippen LogP) is 5.22. The van der Waals surface area contributed by atoms with E-state index in [0.717, 1.165) is 53.9 Å². The van der Waals surface area contributed by atoms with Crippen molar-refractivity contribution in [3.05, 3.63) is 102 Å². The number of rotatable bonds is 5. The number of para-hydroxylation sites is 2. The molecule has 0 saturated carbocycles. The van der Waals surface area contributed by atoms with Gasteiger partial charge in [0.25, 0.3) is 0 Å². The van der Waals surface area contributed by atoms with Crippen LogP contribution in [0.4, 0.5) is 5.69 Å². The topological polar surface area (TPSA) is 39.3 Å². The number of aromatic nitrogens is 1. The average molecular weight is 410 g/mol. The lowest BCUT2D eigenvalue weighted by Crippen LogP contribution is -2.49. The summed E-state index contributed by atoms with van der Waals surface area (Å²) in [5.41, 5.74) is 5.08. The summed E-state index contributed by atoms with van der Waals surface area (Å²) in [6, 6.07) is 28.6. The molecule has 3 aromatic carbocycles. The Bertz CT molecular complexity index is 1180. The third-order valence-electron chi connectivity index (χ3n) is 6.30. The maximum atomic E-state index is 14.0. The fraction of sp³-hybridized carbons (Fsp3) is 0.222. The number of Topliss-reactive ketones (excluding diaryl/α,β-unsaturated/α-hetero) is 1. The molecule has 156 valence electrons. The minimum Gasteiger partial charge on any atom is -0.369 e. The second-order valence-corrected chi connectivity index (χ2v) is 8.21. The van der Waals surface area contributed by atoms with Crippen LogP contribution in [0.1, 0.15) is 27.7 Å². The number of nitrogens with one attached hydrogen (secondary N) is 1. The monoisotopic (exact) mass is 409 g/mol. The largest absolute Gasteiger partial charge is 0.369 e. The van der Waals surface area contributed by atoms with Crippen LogP contribution in [0.3, 0.4) is 0 Å². The Labute approximate surface area is 183 Å². The summed E-state index contributed by atoms with van der Waals surface area (Å²) in [5.74, 6) is 0.175. The van der Waals surface area contributed by atoms with Crippen molar-refractivity contribution in [2.75, 3.05) is 31.1 Å². The normalized spacial score (nSPS) is 15.8. The van der Waals surface area contributed by atoms with E-state index in [1.165, 1.54) is 5.69 Å². The molecule has 1 aromatic heterocycles. The SMILES string of the molecule is Cc1[nH]c2ccccc2c1C(=O)C(c1ccccc1)N1CCN(c2ccccc2)CC1. The Hall–Kier alpha value is -3.37. The third kappa shape index (κ3) is 3.75. The summed E-state index contributed by atoms with van der Waals surface area (Å²) in [5, 5.41) is 1.01. The molecule has 0 aliphatic carbocycles. The molecule has 31 heavy (non-hydrogen) atoms. The highest BCUT2D eigenvalue weighted by Gasteiger charge is 2.33. The smallest absolute Gasteiger partial charge is 0.186 e. The Balaban J connectivity index is 1.47. The lowest BCUT2D eigenvalue weighted by Gasteiger charge is -2.40. The Morgan fingerprint density at radius 3 is 2.13 bits per heavy atom. The minimum absolute atomic E-state index is 0.175. The van der Waals surface area contributed by atoms with E-state index in [1.807, 2.05) is 55.5 Å². The van der Waals surface area contributed by atoms with E-state index in [0.29, 0.717) is 0 Å². The van der Waals surface area contributed by atoms with Gasteiger partial charge in [-0.05, 0) is 30.7 Å². The molecule has 0 amide bonds. The maximum absolute atomic E-state index is 14.0. The van der Waals surface area contributed by atoms with Gasteiger partial charge in [-0.2, -0.15) is 0 Å². The standard InChI is InChI=1S/C27H27N3O/c1-20-25(23-14-8-9-15-24(23)28-20)27(31)26(21-10-4-2-5-11-21)30-18-16-29(17-19-30)22-12-6-3-7-13-22/h2-15,26,28H,16-19H2,1H3. The number of anilines is 1. The first-order chi connectivity index (χ1) is 15.2. The van der Waals surface area contributed by atoms with Crippen molar-refractivity contribution in [2.24, 2.45) is 0 Å². The predicted molar refractivity (Wildman–Crippen MR) is 127 cm³/mol. The third-order valence-corrected chi connectivity index (χ3v) is 6.30. The van der Waals surface area contributed by atoms with Crippen molar-refractivity contribution < 1.29 is 4.79 Å². The number of piperazine rings is 1. The molecule has 1 N–H and O–H groups in total. The second-order valence-electron chi connectivity index (χ2n) is 8.21. The lowest BCUT2D eigenvalue weighted by atomic mass is 9.93. The van der Waals surface area contributed by atoms with Gasteiger partial charge < -0.3 is 9.88 Å². The van der Waals surface area contributed by atoms with Gasteiger partial charge in [0.2, 0.25) is 0 Å². The molecular formula is C27H27N3O. The number of aromatic amines is 1. The van der Waals surface area contributed by atoms with Gasteiger partial charge >= 0.3 is 0 Å². The number of fused-ring (bicyclic) bond motifs is 1. The van der Waals surface area contributed by atoms with Gasteiger partial charge in [0.15, 0.2) is 5.78 Å². The molecule has 1 fully saturated rings. The summed E-state index contributed by atoms with van der Waals surface area (Å²) in [6.07, 6.45) is 0. The van der Waals surface area contributed by atoms with Crippen LogP contribution in [0, 0.1) is 6.92 Å². The molecule has 1 aliphatic rings. The van der Waals surface area contributed by atoms with E-state index in [2.05, 4.69) is 51.2 Å². The molecule has 0 spiro atoms. The molecule has 0 bridgehead atoms. The summed E-state index contributed by atoms with van der Waals surface area (Å²) in [4.78, 5) is 22.2. The highest BCUT2D eigenvalue weighted by atomic mass is 16.1. The quantitative estimate of drug-likeness (QED) is 0.459. The van der Waals surface area contributed by atoms with E-state index in [-0.39, 0.29) is 11.8 Å². The molecule has 1 atom stereocenters.